The van der Waals surface area contributed by atoms with Gasteiger partial charge < -0.3 is 10.5 Å². The Labute approximate surface area is 76.6 Å². The van der Waals surface area contributed by atoms with Crippen LogP contribution in [0.1, 0.15) is 18.4 Å². The van der Waals surface area contributed by atoms with E-state index in [1.54, 1.807) is 24.6 Å². The highest BCUT2D eigenvalue weighted by Crippen LogP contribution is 2.23. The van der Waals surface area contributed by atoms with Crippen molar-refractivity contribution in [1.82, 2.24) is 4.98 Å². The van der Waals surface area contributed by atoms with Crippen LogP contribution >= 0.6 is 11.3 Å². The Balaban J connectivity index is 2.80. The van der Waals surface area contributed by atoms with Gasteiger partial charge >= 0.3 is 0 Å². The predicted octanol–water partition coefficient (Wildman–Crippen LogP) is 1.35. The van der Waals surface area contributed by atoms with Gasteiger partial charge in [0.25, 0.3) is 0 Å². The quantitative estimate of drug-likeness (QED) is 0.772. The van der Waals surface area contributed by atoms with Gasteiger partial charge in [0.15, 0.2) is 0 Å². The SMILES string of the molecule is CCC(N)(COC)c1nccs1. The summed E-state index contributed by atoms with van der Waals surface area (Å²) in [7, 11) is 1.66. The first-order valence-electron chi connectivity index (χ1n) is 3.90. The van der Waals surface area contributed by atoms with E-state index in [2.05, 4.69) is 4.98 Å². The minimum absolute atomic E-state index is 0.400. The summed E-state index contributed by atoms with van der Waals surface area (Å²) in [5.41, 5.74) is 5.70. The molecule has 0 amide bonds. The van der Waals surface area contributed by atoms with Crippen molar-refractivity contribution in [3.8, 4) is 0 Å². The molecule has 2 N–H and O–H groups in total. The summed E-state index contributed by atoms with van der Waals surface area (Å²) in [6, 6.07) is 0. The van der Waals surface area contributed by atoms with Crippen LogP contribution in [-0.4, -0.2) is 18.7 Å². The minimum Gasteiger partial charge on any atom is -0.382 e. The summed E-state index contributed by atoms with van der Waals surface area (Å²) < 4.78 is 5.06. The number of rotatable bonds is 4. The summed E-state index contributed by atoms with van der Waals surface area (Å²) in [5, 5.41) is 2.88. The number of ether oxygens (including phenoxy) is 1. The molecule has 1 aromatic heterocycles. The molecule has 0 fully saturated rings. The lowest BCUT2D eigenvalue weighted by Crippen LogP contribution is -2.40. The van der Waals surface area contributed by atoms with Crippen LogP contribution in [0.2, 0.25) is 0 Å². The van der Waals surface area contributed by atoms with Crippen molar-refractivity contribution in [2.45, 2.75) is 18.9 Å². The summed E-state index contributed by atoms with van der Waals surface area (Å²) in [4.78, 5) is 4.19. The molecule has 1 unspecified atom stereocenters. The van der Waals surface area contributed by atoms with Crippen LogP contribution in [0.5, 0.6) is 0 Å². The fourth-order valence-electron chi connectivity index (χ4n) is 1.04. The number of aromatic nitrogens is 1. The monoisotopic (exact) mass is 186 g/mol. The smallest absolute Gasteiger partial charge is 0.115 e. The lowest BCUT2D eigenvalue weighted by atomic mass is 10.0. The molecule has 3 nitrogen and oxygen atoms in total. The Bertz CT molecular complexity index is 225. The van der Waals surface area contributed by atoms with Crippen molar-refractivity contribution < 1.29 is 4.74 Å². The van der Waals surface area contributed by atoms with Gasteiger partial charge in [-0.05, 0) is 6.42 Å². The van der Waals surface area contributed by atoms with Crippen molar-refractivity contribution in [1.29, 1.82) is 0 Å². The highest BCUT2D eigenvalue weighted by atomic mass is 32.1. The summed E-state index contributed by atoms with van der Waals surface area (Å²) in [6.45, 7) is 2.57. The third kappa shape index (κ3) is 1.83. The second-order valence-corrected chi connectivity index (χ2v) is 3.67. The van der Waals surface area contributed by atoms with Crippen molar-refractivity contribution in [2.24, 2.45) is 5.73 Å². The van der Waals surface area contributed by atoms with Crippen LogP contribution in [0.3, 0.4) is 0 Å². The maximum absolute atomic E-state index is 6.10. The highest BCUT2D eigenvalue weighted by molar-refractivity contribution is 7.09. The lowest BCUT2D eigenvalue weighted by Gasteiger charge is -2.24. The fraction of sp³-hybridized carbons (Fsp3) is 0.625. The molecule has 12 heavy (non-hydrogen) atoms. The van der Waals surface area contributed by atoms with E-state index in [1.807, 2.05) is 12.3 Å². The van der Waals surface area contributed by atoms with Gasteiger partial charge in [-0.15, -0.1) is 11.3 Å². The molecule has 1 rings (SSSR count). The van der Waals surface area contributed by atoms with Crippen molar-refractivity contribution in [3.05, 3.63) is 16.6 Å². The zero-order valence-corrected chi connectivity index (χ0v) is 8.23. The third-order valence-corrected chi connectivity index (χ3v) is 2.88. The maximum atomic E-state index is 6.10. The normalized spacial score (nSPS) is 15.9. The second-order valence-electron chi connectivity index (χ2n) is 2.78. The molecule has 0 bridgehead atoms. The lowest BCUT2D eigenvalue weighted by molar-refractivity contribution is 0.129. The van der Waals surface area contributed by atoms with Crippen molar-refractivity contribution in [2.75, 3.05) is 13.7 Å². The topological polar surface area (TPSA) is 48.1 Å². The fourth-order valence-corrected chi connectivity index (χ4v) is 1.85. The zero-order chi connectivity index (χ0) is 9.03. The number of hydrogen-bond donors (Lipinski definition) is 1. The molecule has 0 saturated carbocycles. The van der Waals surface area contributed by atoms with E-state index >= 15 is 0 Å². The van der Waals surface area contributed by atoms with Gasteiger partial charge in [0.2, 0.25) is 0 Å². The Morgan fingerprint density at radius 1 is 1.75 bits per heavy atom. The number of methoxy groups -OCH3 is 1. The predicted molar refractivity (Wildman–Crippen MR) is 50.1 cm³/mol. The number of nitrogens with zero attached hydrogens (tertiary/aromatic N) is 1. The van der Waals surface area contributed by atoms with Crippen LogP contribution in [0.25, 0.3) is 0 Å². The second kappa shape index (κ2) is 3.98. The van der Waals surface area contributed by atoms with Crippen LogP contribution in [0.4, 0.5) is 0 Å². The summed E-state index contributed by atoms with van der Waals surface area (Å²) in [5.74, 6) is 0. The van der Waals surface area contributed by atoms with E-state index in [-0.39, 0.29) is 0 Å². The molecule has 0 saturated heterocycles. The third-order valence-electron chi connectivity index (χ3n) is 1.89. The number of hydrogen-bond acceptors (Lipinski definition) is 4. The molecule has 4 heteroatoms. The van der Waals surface area contributed by atoms with Crippen LogP contribution in [-0.2, 0) is 10.3 Å². The Morgan fingerprint density at radius 3 is 2.92 bits per heavy atom. The molecule has 1 heterocycles. The average molecular weight is 186 g/mol. The van der Waals surface area contributed by atoms with Crippen LogP contribution < -0.4 is 5.73 Å². The van der Waals surface area contributed by atoms with Gasteiger partial charge in [0.05, 0.1) is 12.1 Å². The Morgan fingerprint density at radius 2 is 2.50 bits per heavy atom. The van der Waals surface area contributed by atoms with Gasteiger partial charge in [0.1, 0.15) is 5.01 Å². The van der Waals surface area contributed by atoms with Gasteiger partial charge in [0, 0.05) is 18.7 Å². The minimum atomic E-state index is -0.400. The van der Waals surface area contributed by atoms with Gasteiger partial charge in [-0.3, -0.25) is 0 Å². The highest BCUT2D eigenvalue weighted by Gasteiger charge is 2.27. The van der Waals surface area contributed by atoms with Gasteiger partial charge in [-0.1, -0.05) is 6.92 Å². The molecule has 68 valence electrons. The van der Waals surface area contributed by atoms with Gasteiger partial charge in [-0.2, -0.15) is 0 Å². The van der Waals surface area contributed by atoms with E-state index in [0.717, 1.165) is 11.4 Å². The molecule has 0 spiro atoms. The first-order chi connectivity index (χ1) is 5.73. The molecule has 1 aromatic rings. The van der Waals surface area contributed by atoms with Crippen molar-refractivity contribution in [3.63, 3.8) is 0 Å². The Hall–Kier alpha value is -0.450. The first kappa shape index (κ1) is 9.64. The zero-order valence-electron chi connectivity index (χ0n) is 7.41. The molecule has 0 aliphatic rings. The van der Waals surface area contributed by atoms with E-state index in [9.17, 15) is 0 Å². The first-order valence-corrected chi connectivity index (χ1v) is 4.78. The maximum Gasteiger partial charge on any atom is 0.115 e. The van der Waals surface area contributed by atoms with Crippen LogP contribution in [0, 0.1) is 0 Å². The molecule has 0 radical (unpaired) electrons. The van der Waals surface area contributed by atoms with Crippen molar-refractivity contribution >= 4 is 11.3 Å². The van der Waals surface area contributed by atoms with E-state index < -0.39 is 5.54 Å². The van der Waals surface area contributed by atoms with E-state index in [4.69, 9.17) is 10.5 Å². The summed E-state index contributed by atoms with van der Waals surface area (Å²) in [6.07, 6.45) is 2.61. The molecule has 0 aliphatic heterocycles. The van der Waals surface area contributed by atoms with Gasteiger partial charge in [-0.25, -0.2) is 4.98 Å². The molecular formula is C8H14N2OS. The summed E-state index contributed by atoms with van der Waals surface area (Å²) >= 11 is 1.58. The van der Waals surface area contributed by atoms with Crippen LogP contribution in [0.15, 0.2) is 11.6 Å². The molecule has 0 aliphatic carbocycles. The van der Waals surface area contributed by atoms with E-state index in [0.29, 0.717) is 6.61 Å². The molecule has 0 aromatic carbocycles. The number of thiazole rings is 1. The number of nitrogens with two attached hydrogens (primary N) is 1. The Kier molecular flexibility index (Phi) is 3.20. The molecular weight excluding hydrogens is 172 g/mol. The standard InChI is InChI=1S/C8H14N2OS/c1-3-8(9,6-11-2)7-10-4-5-12-7/h4-5H,3,6,9H2,1-2H3. The van der Waals surface area contributed by atoms with E-state index in [1.165, 1.54) is 0 Å². The average Bonchev–Trinajstić information content (AvgIpc) is 2.57. The largest absolute Gasteiger partial charge is 0.382 e. The molecule has 1 atom stereocenters.